The average Bonchev–Trinajstić information content (AvgIpc) is 2.60. The summed E-state index contributed by atoms with van der Waals surface area (Å²) in [5.41, 5.74) is 3.33. The summed E-state index contributed by atoms with van der Waals surface area (Å²) in [5.74, 6) is 0.184. The first-order chi connectivity index (χ1) is 8.21. The van der Waals surface area contributed by atoms with Gasteiger partial charge in [0.15, 0.2) is 5.65 Å². The van der Waals surface area contributed by atoms with Crippen LogP contribution in [0.5, 0.6) is 0 Å². The van der Waals surface area contributed by atoms with Crippen molar-refractivity contribution in [1.29, 1.82) is 0 Å². The predicted octanol–water partition coefficient (Wildman–Crippen LogP) is 2.75. The maximum absolute atomic E-state index is 12.4. The number of aryl methyl sites for hydroxylation is 1. The Kier molecular flexibility index (Phi) is 2.84. The van der Waals surface area contributed by atoms with Crippen LogP contribution in [0.25, 0.3) is 5.65 Å². The lowest BCUT2D eigenvalue weighted by atomic mass is 9.93. The Morgan fingerprint density at radius 3 is 2.44 bits per heavy atom. The van der Waals surface area contributed by atoms with Crippen molar-refractivity contribution >= 4 is 5.65 Å². The van der Waals surface area contributed by atoms with Crippen LogP contribution in [0.15, 0.2) is 10.9 Å². The SMILES string of the molecule is Cc1nc2cc(C(C)(C)C)[nH]n2c(=O)c1C(C)C. The summed E-state index contributed by atoms with van der Waals surface area (Å²) in [6, 6.07) is 1.96. The highest BCUT2D eigenvalue weighted by atomic mass is 16.1. The van der Waals surface area contributed by atoms with Gasteiger partial charge in [0.1, 0.15) is 0 Å². The summed E-state index contributed by atoms with van der Waals surface area (Å²) < 4.78 is 1.56. The van der Waals surface area contributed by atoms with Crippen molar-refractivity contribution in [2.24, 2.45) is 0 Å². The van der Waals surface area contributed by atoms with Crippen LogP contribution in [0, 0.1) is 6.92 Å². The third kappa shape index (κ3) is 1.96. The van der Waals surface area contributed by atoms with E-state index in [1.54, 1.807) is 4.52 Å². The van der Waals surface area contributed by atoms with Gasteiger partial charge in [-0.05, 0) is 12.8 Å². The Morgan fingerprint density at radius 2 is 1.94 bits per heavy atom. The van der Waals surface area contributed by atoms with Gasteiger partial charge in [0.05, 0.1) is 0 Å². The molecule has 0 aromatic carbocycles. The van der Waals surface area contributed by atoms with E-state index in [9.17, 15) is 4.79 Å². The van der Waals surface area contributed by atoms with Gasteiger partial charge in [0.25, 0.3) is 5.56 Å². The lowest BCUT2D eigenvalue weighted by Crippen LogP contribution is -2.23. The Balaban J connectivity index is 2.79. The summed E-state index contributed by atoms with van der Waals surface area (Å²) in [6.07, 6.45) is 0. The number of rotatable bonds is 1. The van der Waals surface area contributed by atoms with Crippen molar-refractivity contribution in [2.45, 2.75) is 52.9 Å². The molecule has 0 atom stereocenters. The van der Waals surface area contributed by atoms with Crippen molar-refractivity contribution in [1.82, 2.24) is 14.6 Å². The Bertz CT molecular complexity index is 641. The maximum atomic E-state index is 12.4. The highest BCUT2D eigenvalue weighted by Gasteiger charge is 2.20. The quantitative estimate of drug-likeness (QED) is 0.842. The van der Waals surface area contributed by atoms with E-state index in [1.807, 2.05) is 26.8 Å². The van der Waals surface area contributed by atoms with E-state index in [-0.39, 0.29) is 16.9 Å². The minimum Gasteiger partial charge on any atom is -0.293 e. The molecule has 0 aliphatic carbocycles. The van der Waals surface area contributed by atoms with Crippen LogP contribution in [-0.2, 0) is 5.41 Å². The number of aromatic amines is 1. The second-order valence-corrected chi connectivity index (χ2v) is 6.18. The minimum absolute atomic E-state index is 0.0167. The van der Waals surface area contributed by atoms with Crippen LogP contribution < -0.4 is 5.56 Å². The van der Waals surface area contributed by atoms with Gasteiger partial charge in [-0.2, -0.15) is 0 Å². The summed E-state index contributed by atoms with van der Waals surface area (Å²) in [7, 11) is 0. The molecule has 2 heterocycles. The van der Waals surface area contributed by atoms with E-state index in [4.69, 9.17) is 0 Å². The molecule has 0 amide bonds. The molecule has 0 saturated heterocycles. The third-order valence-corrected chi connectivity index (χ3v) is 3.23. The third-order valence-electron chi connectivity index (χ3n) is 3.23. The minimum atomic E-state index is -0.0218. The van der Waals surface area contributed by atoms with Crippen molar-refractivity contribution < 1.29 is 0 Å². The van der Waals surface area contributed by atoms with Crippen molar-refractivity contribution in [2.75, 3.05) is 0 Å². The molecule has 1 N–H and O–H groups in total. The predicted molar refractivity (Wildman–Crippen MR) is 73.3 cm³/mol. The van der Waals surface area contributed by atoms with Gasteiger partial charge in [0.2, 0.25) is 0 Å². The summed E-state index contributed by atoms with van der Waals surface area (Å²) in [6.45, 7) is 12.3. The summed E-state index contributed by atoms with van der Waals surface area (Å²) >= 11 is 0. The van der Waals surface area contributed by atoms with E-state index in [0.717, 1.165) is 17.0 Å². The first kappa shape index (κ1) is 12.9. The molecule has 98 valence electrons. The second kappa shape index (κ2) is 3.97. The zero-order chi connectivity index (χ0) is 13.7. The Labute approximate surface area is 107 Å². The number of hydrogen-bond donors (Lipinski definition) is 1. The molecular formula is C14H21N3O. The van der Waals surface area contributed by atoms with Crippen molar-refractivity contribution in [3.63, 3.8) is 0 Å². The van der Waals surface area contributed by atoms with Crippen LogP contribution >= 0.6 is 0 Å². The van der Waals surface area contributed by atoms with Crippen LogP contribution in [0.1, 0.15) is 57.5 Å². The van der Waals surface area contributed by atoms with Crippen molar-refractivity contribution in [3.05, 3.63) is 33.4 Å². The standard InChI is InChI=1S/C14H21N3O/c1-8(2)12-9(3)15-11-7-10(14(4,5)6)16-17(11)13(12)18/h7-8,16H,1-6H3. The molecule has 0 aliphatic rings. The normalized spacial score (nSPS) is 12.6. The van der Waals surface area contributed by atoms with E-state index >= 15 is 0 Å². The first-order valence-corrected chi connectivity index (χ1v) is 6.34. The molecule has 18 heavy (non-hydrogen) atoms. The number of aromatic nitrogens is 3. The van der Waals surface area contributed by atoms with Crippen LogP contribution in [0.2, 0.25) is 0 Å². The van der Waals surface area contributed by atoms with Gasteiger partial charge < -0.3 is 0 Å². The molecule has 0 aliphatic heterocycles. The fourth-order valence-electron chi connectivity index (χ4n) is 2.20. The monoisotopic (exact) mass is 247 g/mol. The highest BCUT2D eigenvalue weighted by Crippen LogP contribution is 2.22. The molecule has 0 fully saturated rings. The lowest BCUT2D eigenvalue weighted by molar-refractivity contribution is 0.561. The number of hydrogen-bond acceptors (Lipinski definition) is 2. The maximum Gasteiger partial charge on any atom is 0.276 e. The van der Waals surface area contributed by atoms with E-state index in [1.165, 1.54) is 0 Å². The molecule has 4 heteroatoms. The van der Waals surface area contributed by atoms with Crippen molar-refractivity contribution in [3.8, 4) is 0 Å². The molecule has 2 aromatic rings. The van der Waals surface area contributed by atoms with Gasteiger partial charge in [-0.1, -0.05) is 34.6 Å². The lowest BCUT2D eigenvalue weighted by Gasteiger charge is -2.14. The van der Waals surface area contributed by atoms with Crippen LogP contribution in [0.4, 0.5) is 0 Å². The molecule has 0 spiro atoms. The molecule has 4 nitrogen and oxygen atoms in total. The first-order valence-electron chi connectivity index (χ1n) is 6.34. The van der Waals surface area contributed by atoms with Gasteiger partial charge in [-0.3, -0.25) is 9.89 Å². The fourth-order valence-corrected chi connectivity index (χ4v) is 2.20. The Hall–Kier alpha value is -1.58. The molecule has 0 bridgehead atoms. The van der Waals surface area contributed by atoms with Crippen LogP contribution in [-0.4, -0.2) is 14.6 Å². The van der Waals surface area contributed by atoms with Gasteiger partial charge in [0, 0.05) is 28.4 Å². The second-order valence-electron chi connectivity index (χ2n) is 6.18. The zero-order valence-electron chi connectivity index (χ0n) is 12.0. The number of H-pyrrole nitrogens is 1. The molecule has 0 saturated carbocycles. The smallest absolute Gasteiger partial charge is 0.276 e. The largest absolute Gasteiger partial charge is 0.293 e. The van der Waals surface area contributed by atoms with E-state index in [2.05, 4.69) is 30.9 Å². The highest BCUT2D eigenvalue weighted by molar-refractivity contribution is 5.43. The van der Waals surface area contributed by atoms with Gasteiger partial charge in [-0.15, -0.1) is 0 Å². The number of nitrogens with zero attached hydrogens (tertiary/aromatic N) is 2. The number of nitrogens with one attached hydrogen (secondary N) is 1. The van der Waals surface area contributed by atoms with Gasteiger partial charge >= 0.3 is 0 Å². The number of fused-ring (bicyclic) bond motifs is 1. The molecule has 0 unspecified atom stereocenters. The average molecular weight is 247 g/mol. The topological polar surface area (TPSA) is 50.2 Å². The zero-order valence-corrected chi connectivity index (χ0v) is 12.0. The van der Waals surface area contributed by atoms with Gasteiger partial charge in [-0.25, -0.2) is 9.50 Å². The Morgan fingerprint density at radius 1 is 1.33 bits per heavy atom. The van der Waals surface area contributed by atoms with E-state index < -0.39 is 0 Å². The summed E-state index contributed by atoms with van der Waals surface area (Å²) in [5, 5.41) is 3.17. The molecule has 0 radical (unpaired) electrons. The molecular weight excluding hydrogens is 226 g/mol. The fraction of sp³-hybridized carbons (Fsp3) is 0.571. The van der Waals surface area contributed by atoms with Crippen LogP contribution in [0.3, 0.4) is 0 Å². The summed E-state index contributed by atoms with van der Waals surface area (Å²) in [4.78, 5) is 16.9. The van der Waals surface area contributed by atoms with E-state index in [0.29, 0.717) is 5.65 Å². The molecule has 2 rings (SSSR count). The molecule has 2 aromatic heterocycles.